The first-order chi connectivity index (χ1) is 9.27. The van der Waals surface area contributed by atoms with Gasteiger partial charge in [-0.15, -0.1) is 0 Å². The van der Waals surface area contributed by atoms with E-state index in [1.165, 1.54) is 24.3 Å². The van der Waals surface area contributed by atoms with Crippen LogP contribution in [-0.2, 0) is 17.1 Å². The highest BCUT2D eigenvalue weighted by molar-refractivity contribution is 9.10. The van der Waals surface area contributed by atoms with Gasteiger partial charge in [-0.2, -0.15) is 0 Å². The molecule has 0 atom stereocenters. The molecule has 0 spiro atoms. The van der Waals surface area contributed by atoms with Gasteiger partial charge in [0.05, 0.1) is 4.90 Å². The highest BCUT2D eigenvalue weighted by Crippen LogP contribution is 2.17. The van der Waals surface area contributed by atoms with E-state index in [0.717, 1.165) is 4.47 Å². The standard InChI is InChI=1S/C12H12BrN3O3S/c1-16-7-8(13)6-11(16)12(17)15-9-2-4-10(5-3-9)20(14,18)19/h2-7H,1H3,(H,15,17)(H2,14,18,19). The molecular weight excluding hydrogens is 346 g/mol. The zero-order valence-electron chi connectivity index (χ0n) is 10.5. The van der Waals surface area contributed by atoms with Gasteiger partial charge < -0.3 is 9.88 Å². The molecule has 1 aromatic heterocycles. The van der Waals surface area contributed by atoms with Gasteiger partial charge in [0.25, 0.3) is 5.91 Å². The molecule has 20 heavy (non-hydrogen) atoms. The highest BCUT2D eigenvalue weighted by Gasteiger charge is 2.12. The first kappa shape index (κ1) is 14.8. The minimum atomic E-state index is -3.73. The highest BCUT2D eigenvalue weighted by atomic mass is 79.9. The number of hydrogen-bond donors (Lipinski definition) is 2. The van der Waals surface area contributed by atoms with Gasteiger partial charge >= 0.3 is 0 Å². The number of hydrogen-bond acceptors (Lipinski definition) is 3. The normalized spacial score (nSPS) is 11.3. The molecule has 0 aliphatic heterocycles. The van der Waals surface area contributed by atoms with Crippen molar-refractivity contribution in [3.63, 3.8) is 0 Å². The Bertz CT molecular complexity index is 751. The van der Waals surface area contributed by atoms with Gasteiger partial charge in [-0.05, 0) is 46.3 Å². The largest absolute Gasteiger partial charge is 0.345 e. The van der Waals surface area contributed by atoms with Crippen LogP contribution in [-0.4, -0.2) is 18.9 Å². The quantitative estimate of drug-likeness (QED) is 0.874. The number of anilines is 1. The lowest BCUT2D eigenvalue weighted by atomic mass is 10.3. The lowest BCUT2D eigenvalue weighted by Gasteiger charge is -2.06. The van der Waals surface area contributed by atoms with E-state index >= 15 is 0 Å². The molecule has 3 N–H and O–H groups in total. The van der Waals surface area contributed by atoms with Gasteiger partial charge in [0.2, 0.25) is 10.0 Å². The van der Waals surface area contributed by atoms with Gasteiger partial charge in [0.15, 0.2) is 0 Å². The van der Waals surface area contributed by atoms with Crippen molar-refractivity contribution in [3.8, 4) is 0 Å². The summed E-state index contributed by atoms with van der Waals surface area (Å²) >= 11 is 3.29. The van der Waals surface area contributed by atoms with Crippen molar-refractivity contribution in [2.75, 3.05) is 5.32 Å². The molecule has 0 radical (unpaired) electrons. The molecule has 6 nitrogen and oxygen atoms in total. The summed E-state index contributed by atoms with van der Waals surface area (Å²) in [5.41, 5.74) is 0.965. The summed E-state index contributed by atoms with van der Waals surface area (Å²) < 4.78 is 24.7. The van der Waals surface area contributed by atoms with Crippen molar-refractivity contribution < 1.29 is 13.2 Å². The van der Waals surface area contributed by atoms with Gasteiger partial charge in [-0.25, -0.2) is 13.6 Å². The summed E-state index contributed by atoms with van der Waals surface area (Å²) in [5.74, 6) is -0.290. The zero-order chi connectivity index (χ0) is 14.9. The number of aryl methyl sites for hydroxylation is 1. The Morgan fingerprint density at radius 3 is 2.35 bits per heavy atom. The van der Waals surface area contributed by atoms with E-state index in [-0.39, 0.29) is 10.8 Å². The van der Waals surface area contributed by atoms with Crippen LogP contribution in [0.15, 0.2) is 45.9 Å². The summed E-state index contributed by atoms with van der Waals surface area (Å²) in [7, 11) is -1.97. The predicted molar refractivity (Wildman–Crippen MR) is 78.9 cm³/mol. The Morgan fingerprint density at radius 1 is 1.30 bits per heavy atom. The molecule has 1 amide bonds. The smallest absolute Gasteiger partial charge is 0.272 e. The topological polar surface area (TPSA) is 94.2 Å². The van der Waals surface area contributed by atoms with E-state index in [1.807, 2.05) is 0 Å². The molecule has 106 valence electrons. The Labute approximate surface area is 124 Å². The van der Waals surface area contributed by atoms with Crippen molar-refractivity contribution in [1.29, 1.82) is 0 Å². The minimum Gasteiger partial charge on any atom is -0.345 e. The lowest BCUT2D eigenvalue weighted by Crippen LogP contribution is -2.16. The van der Waals surface area contributed by atoms with Crippen LogP contribution in [0.3, 0.4) is 0 Å². The molecule has 2 aromatic rings. The van der Waals surface area contributed by atoms with Crippen molar-refractivity contribution >= 4 is 37.5 Å². The maximum atomic E-state index is 12.0. The molecule has 0 bridgehead atoms. The third-order valence-electron chi connectivity index (χ3n) is 2.64. The zero-order valence-corrected chi connectivity index (χ0v) is 12.9. The third kappa shape index (κ3) is 3.27. The molecule has 8 heteroatoms. The number of carbonyl (C=O) groups excluding carboxylic acids is 1. The molecular formula is C12H12BrN3O3S. The molecule has 0 aliphatic carbocycles. The third-order valence-corrected chi connectivity index (χ3v) is 4.01. The fraction of sp³-hybridized carbons (Fsp3) is 0.0833. The summed E-state index contributed by atoms with van der Waals surface area (Å²) in [6, 6.07) is 7.33. The van der Waals surface area contributed by atoms with Crippen LogP contribution in [0.2, 0.25) is 0 Å². The molecule has 1 heterocycles. The van der Waals surface area contributed by atoms with Gasteiger partial charge in [-0.1, -0.05) is 0 Å². The maximum Gasteiger partial charge on any atom is 0.272 e. The fourth-order valence-corrected chi connectivity index (χ4v) is 2.71. The number of nitrogens with zero attached hydrogens (tertiary/aromatic N) is 1. The fourth-order valence-electron chi connectivity index (χ4n) is 1.67. The van der Waals surface area contributed by atoms with E-state index in [1.54, 1.807) is 23.9 Å². The number of amides is 1. The number of primary sulfonamides is 1. The monoisotopic (exact) mass is 357 g/mol. The Morgan fingerprint density at radius 2 is 1.90 bits per heavy atom. The molecule has 0 aliphatic rings. The van der Waals surface area contributed by atoms with E-state index in [9.17, 15) is 13.2 Å². The summed E-state index contributed by atoms with van der Waals surface area (Å²) in [6.45, 7) is 0. The van der Waals surface area contributed by atoms with Crippen LogP contribution in [0.5, 0.6) is 0 Å². The van der Waals surface area contributed by atoms with E-state index in [2.05, 4.69) is 21.2 Å². The maximum absolute atomic E-state index is 12.0. The molecule has 0 saturated heterocycles. The number of nitrogens with one attached hydrogen (secondary N) is 1. The van der Waals surface area contributed by atoms with E-state index < -0.39 is 10.0 Å². The molecule has 2 rings (SSSR count). The van der Waals surface area contributed by atoms with E-state index in [4.69, 9.17) is 5.14 Å². The second kappa shape index (κ2) is 5.39. The molecule has 0 saturated carbocycles. The van der Waals surface area contributed by atoms with Crippen molar-refractivity contribution in [2.45, 2.75) is 4.90 Å². The number of sulfonamides is 1. The van der Waals surface area contributed by atoms with Crippen LogP contribution in [0.1, 0.15) is 10.5 Å². The first-order valence-electron chi connectivity index (χ1n) is 5.53. The lowest BCUT2D eigenvalue weighted by molar-refractivity contribution is 0.101. The average Bonchev–Trinajstić information content (AvgIpc) is 2.68. The summed E-state index contributed by atoms with van der Waals surface area (Å²) in [6.07, 6.45) is 1.76. The van der Waals surface area contributed by atoms with Crippen molar-refractivity contribution in [2.24, 2.45) is 12.2 Å². The first-order valence-corrected chi connectivity index (χ1v) is 7.87. The minimum absolute atomic E-state index is 0.00268. The number of carbonyl (C=O) groups is 1. The summed E-state index contributed by atoms with van der Waals surface area (Å²) in [5, 5.41) is 7.67. The number of rotatable bonds is 3. The number of halogens is 1. The molecule has 1 aromatic carbocycles. The average molecular weight is 358 g/mol. The van der Waals surface area contributed by atoms with Gasteiger partial charge in [0.1, 0.15) is 5.69 Å². The van der Waals surface area contributed by atoms with Gasteiger partial charge in [0, 0.05) is 23.4 Å². The molecule has 0 unspecified atom stereocenters. The second-order valence-electron chi connectivity index (χ2n) is 4.18. The number of aromatic nitrogens is 1. The number of benzene rings is 1. The van der Waals surface area contributed by atoms with Crippen LogP contribution in [0.25, 0.3) is 0 Å². The van der Waals surface area contributed by atoms with Crippen molar-refractivity contribution in [3.05, 3.63) is 46.7 Å². The predicted octanol–water partition coefficient (Wildman–Crippen LogP) is 1.69. The van der Waals surface area contributed by atoms with Crippen LogP contribution in [0.4, 0.5) is 5.69 Å². The van der Waals surface area contributed by atoms with Crippen LogP contribution in [0, 0.1) is 0 Å². The van der Waals surface area contributed by atoms with Gasteiger partial charge in [-0.3, -0.25) is 4.79 Å². The van der Waals surface area contributed by atoms with Crippen LogP contribution < -0.4 is 10.5 Å². The SMILES string of the molecule is Cn1cc(Br)cc1C(=O)Nc1ccc(S(N)(=O)=O)cc1. The Kier molecular flexibility index (Phi) is 3.98. The number of nitrogens with two attached hydrogens (primary N) is 1. The Hall–Kier alpha value is -1.64. The Balaban J connectivity index is 2.18. The second-order valence-corrected chi connectivity index (χ2v) is 6.66. The molecule has 0 fully saturated rings. The summed E-state index contributed by atoms with van der Waals surface area (Å²) in [4.78, 5) is 12.0. The van der Waals surface area contributed by atoms with Crippen LogP contribution >= 0.6 is 15.9 Å². The van der Waals surface area contributed by atoms with E-state index in [0.29, 0.717) is 11.4 Å². The van der Waals surface area contributed by atoms with Crippen molar-refractivity contribution in [1.82, 2.24) is 4.57 Å².